The minimum absolute atomic E-state index is 0.0405. The third-order valence-corrected chi connectivity index (χ3v) is 2.94. The molecule has 0 aliphatic carbocycles. The van der Waals surface area contributed by atoms with E-state index in [0.717, 1.165) is 6.07 Å². The zero-order chi connectivity index (χ0) is 15.4. The van der Waals surface area contributed by atoms with Crippen LogP contribution in [0.3, 0.4) is 0 Å². The Kier molecular flexibility index (Phi) is 4.18. The van der Waals surface area contributed by atoms with E-state index in [4.69, 9.17) is 5.73 Å². The van der Waals surface area contributed by atoms with E-state index in [-0.39, 0.29) is 11.3 Å². The summed E-state index contributed by atoms with van der Waals surface area (Å²) in [5.41, 5.74) is 5.30. The predicted molar refractivity (Wildman–Crippen MR) is 75.4 cm³/mol. The average molecular weight is 288 g/mol. The molecule has 0 saturated heterocycles. The average Bonchev–Trinajstić information content (AvgIpc) is 2.45. The van der Waals surface area contributed by atoms with Gasteiger partial charge in [-0.05, 0) is 17.7 Å². The summed E-state index contributed by atoms with van der Waals surface area (Å²) < 4.78 is 13.7. The van der Waals surface area contributed by atoms with Gasteiger partial charge in [0.1, 0.15) is 5.82 Å². The molecule has 0 radical (unpaired) electrons. The maximum Gasteiger partial charge on any atom is 0.330 e. The number of hydrogen-bond acceptors (Lipinski definition) is 3. The van der Waals surface area contributed by atoms with Crippen LogP contribution in [0.15, 0.2) is 48.5 Å². The lowest BCUT2D eigenvalue weighted by molar-refractivity contribution is -0.138. The third kappa shape index (κ3) is 3.17. The van der Waals surface area contributed by atoms with Gasteiger partial charge in [0.2, 0.25) is 0 Å². The molecule has 0 saturated carbocycles. The Bertz CT molecular complexity index is 674. The van der Waals surface area contributed by atoms with E-state index in [2.05, 4.69) is 5.32 Å². The number of halogens is 1. The van der Waals surface area contributed by atoms with Gasteiger partial charge in [-0.2, -0.15) is 0 Å². The normalized spacial score (nSPS) is 11.7. The van der Waals surface area contributed by atoms with Crippen LogP contribution in [-0.4, -0.2) is 17.0 Å². The minimum atomic E-state index is -1.15. The number of rotatable bonds is 5. The molecule has 6 heteroatoms. The van der Waals surface area contributed by atoms with Crippen molar-refractivity contribution in [2.24, 2.45) is 5.73 Å². The Morgan fingerprint density at radius 2 is 1.76 bits per heavy atom. The first-order valence-corrected chi connectivity index (χ1v) is 6.13. The number of benzene rings is 2. The number of carboxylic acid groups (broad SMARTS) is 1. The molecule has 4 N–H and O–H groups in total. The first kappa shape index (κ1) is 14.5. The zero-order valence-corrected chi connectivity index (χ0v) is 10.9. The van der Waals surface area contributed by atoms with E-state index in [1.54, 1.807) is 30.3 Å². The number of carbonyl (C=O) groups is 2. The highest BCUT2D eigenvalue weighted by Gasteiger charge is 2.22. The topological polar surface area (TPSA) is 92.4 Å². The van der Waals surface area contributed by atoms with Crippen molar-refractivity contribution in [3.8, 4) is 0 Å². The van der Waals surface area contributed by atoms with Crippen LogP contribution >= 0.6 is 0 Å². The molecule has 0 spiro atoms. The first-order valence-electron chi connectivity index (χ1n) is 6.13. The third-order valence-electron chi connectivity index (χ3n) is 2.94. The van der Waals surface area contributed by atoms with Crippen molar-refractivity contribution in [1.82, 2.24) is 0 Å². The smallest absolute Gasteiger partial charge is 0.330 e. The maximum absolute atomic E-state index is 13.7. The molecule has 0 aliphatic rings. The molecule has 2 aromatic carbocycles. The molecule has 0 heterocycles. The fraction of sp³-hybridized carbons (Fsp3) is 0.0667. The SMILES string of the molecule is NC(=O)c1c(F)cccc1NC(C(=O)O)c1ccccc1. The van der Waals surface area contributed by atoms with Gasteiger partial charge in [-0.3, -0.25) is 4.79 Å². The van der Waals surface area contributed by atoms with Gasteiger partial charge < -0.3 is 16.2 Å². The number of nitrogens with one attached hydrogen (secondary N) is 1. The summed E-state index contributed by atoms with van der Waals surface area (Å²) in [6.45, 7) is 0. The summed E-state index contributed by atoms with van der Waals surface area (Å²) in [7, 11) is 0. The Morgan fingerprint density at radius 3 is 2.33 bits per heavy atom. The van der Waals surface area contributed by atoms with E-state index in [9.17, 15) is 19.1 Å². The van der Waals surface area contributed by atoms with Crippen molar-refractivity contribution < 1.29 is 19.1 Å². The largest absolute Gasteiger partial charge is 0.479 e. The molecule has 5 nitrogen and oxygen atoms in total. The molecule has 1 amide bonds. The number of carbonyl (C=O) groups excluding carboxylic acids is 1. The fourth-order valence-electron chi connectivity index (χ4n) is 1.98. The van der Waals surface area contributed by atoms with E-state index >= 15 is 0 Å². The summed E-state index contributed by atoms with van der Waals surface area (Å²) in [5.74, 6) is -2.92. The highest BCUT2D eigenvalue weighted by Crippen LogP contribution is 2.24. The molecular weight excluding hydrogens is 275 g/mol. The van der Waals surface area contributed by atoms with Crippen molar-refractivity contribution in [3.63, 3.8) is 0 Å². The van der Waals surface area contributed by atoms with Crippen molar-refractivity contribution in [1.29, 1.82) is 0 Å². The molecule has 2 rings (SSSR count). The number of anilines is 1. The fourth-order valence-corrected chi connectivity index (χ4v) is 1.98. The molecule has 0 bridgehead atoms. The molecule has 108 valence electrons. The second-order valence-electron chi connectivity index (χ2n) is 4.35. The molecule has 1 unspecified atom stereocenters. The summed E-state index contributed by atoms with van der Waals surface area (Å²) in [4.78, 5) is 22.7. The van der Waals surface area contributed by atoms with E-state index < -0.39 is 23.7 Å². The van der Waals surface area contributed by atoms with E-state index in [0.29, 0.717) is 5.56 Å². The lowest BCUT2D eigenvalue weighted by Crippen LogP contribution is -2.23. The van der Waals surface area contributed by atoms with E-state index in [1.807, 2.05) is 0 Å². The Morgan fingerprint density at radius 1 is 1.10 bits per heavy atom. The highest BCUT2D eigenvalue weighted by molar-refractivity contribution is 5.99. The van der Waals surface area contributed by atoms with Crippen LogP contribution in [0.2, 0.25) is 0 Å². The molecule has 0 aliphatic heterocycles. The first-order chi connectivity index (χ1) is 10.0. The number of primary amides is 1. The van der Waals surface area contributed by atoms with Crippen LogP contribution in [0.25, 0.3) is 0 Å². The van der Waals surface area contributed by atoms with Crippen LogP contribution in [0, 0.1) is 5.82 Å². The summed E-state index contributed by atoms with van der Waals surface area (Å²) in [5, 5.41) is 12.0. The summed E-state index contributed by atoms with van der Waals surface area (Å²) in [6.07, 6.45) is 0. The van der Waals surface area contributed by atoms with Gasteiger partial charge >= 0.3 is 5.97 Å². The van der Waals surface area contributed by atoms with Crippen LogP contribution in [0.4, 0.5) is 10.1 Å². The van der Waals surface area contributed by atoms with Gasteiger partial charge in [0.15, 0.2) is 6.04 Å². The van der Waals surface area contributed by atoms with Gasteiger partial charge in [-0.15, -0.1) is 0 Å². The molecular formula is C15H13FN2O3. The van der Waals surface area contributed by atoms with Gasteiger partial charge in [0.05, 0.1) is 11.3 Å². The van der Waals surface area contributed by atoms with Crippen LogP contribution in [0.1, 0.15) is 22.0 Å². The quantitative estimate of drug-likeness (QED) is 0.786. The lowest BCUT2D eigenvalue weighted by Gasteiger charge is -2.18. The van der Waals surface area contributed by atoms with Crippen molar-refractivity contribution in [2.75, 3.05) is 5.32 Å². The monoisotopic (exact) mass is 288 g/mol. The van der Waals surface area contributed by atoms with Gasteiger partial charge in [-0.1, -0.05) is 36.4 Å². The predicted octanol–water partition coefficient (Wildman–Crippen LogP) is 2.16. The van der Waals surface area contributed by atoms with Gasteiger partial charge in [-0.25, -0.2) is 9.18 Å². The maximum atomic E-state index is 13.7. The second kappa shape index (κ2) is 6.04. The minimum Gasteiger partial charge on any atom is -0.479 e. The number of aliphatic carboxylic acids is 1. The number of amides is 1. The Labute approximate surface area is 120 Å². The molecule has 2 aromatic rings. The van der Waals surface area contributed by atoms with Crippen LogP contribution in [0.5, 0.6) is 0 Å². The number of hydrogen-bond donors (Lipinski definition) is 3. The van der Waals surface area contributed by atoms with Crippen molar-refractivity contribution in [3.05, 3.63) is 65.5 Å². The van der Waals surface area contributed by atoms with Gasteiger partial charge in [0, 0.05) is 0 Å². The second-order valence-corrected chi connectivity index (χ2v) is 4.35. The zero-order valence-electron chi connectivity index (χ0n) is 10.9. The molecule has 0 fully saturated rings. The molecule has 0 aromatic heterocycles. The van der Waals surface area contributed by atoms with Gasteiger partial charge in [0.25, 0.3) is 5.91 Å². The number of carboxylic acids is 1. The lowest BCUT2D eigenvalue weighted by atomic mass is 10.1. The molecule has 21 heavy (non-hydrogen) atoms. The van der Waals surface area contributed by atoms with E-state index in [1.165, 1.54) is 12.1 Å². The highest BCUT2D eigenvalue weighted by atomic mass is 19.1. The Hall–Kier alpha value is -2.89. The Balaban J connectivity index is 2.41. The van der Waals surface area contributed by atoms with Crippen molar-refractivity contribution >= 4 is 17.6 Å². The number of nitrogens with two attached hydrogens (primary N) is 1. The summed E-state index contributed by atoms with van der Waals surface area (Å²) >= 11 is 0. The van der Waals surface area contributed by atoms with Crippen LogP contribution < -0.4 is 11.1 Å². The van der Waals surface area contributed by atoms with Crippen LogP contribution in [-0.2, 0) is 4.79 Å². The standard InChI is InChI=1S/C15H13FN2O3/c16-10-7-4-8-11(12(10)14(17)19)18-13(15(20)21)9-5-2-1-3-6-9/h1-8,13,18H,(H2,17,19)(H,20,21). The molecule has 1 atom stereocenters. The van der Waals surface area contributed by atoms with Crippen molar-refractivity contribution in [2.45, 2.75) is 6.04 Å². The summed E-state index contributed by atoms with van der Waals surface area (Å²) in [6, 6.07) is 11.1.